The van der Waals surface area contributed by atoms with Crippen molar-refractivity contribution in [1.82, 2.24) is 9.97 Å². The number of aryl methyl sites for hydroxylation is 1. The number of fused-ring (bicyclic) bond motifs is 1. The second-order valence-corrected chi connectivity index (χ2v) is 3.74. The van der Waals surface area contributed by atoms with E-state index in [-0.39, 0.29) is 0 Å². The molecule has 1 aromatic rings. The number of carboxylic acids is 1. The smallest absolute Gasteiger partial charge is 0.325 e. The summed E-state index contributed by atoms with van der Waals surface area (Å²) in [6.45, 7) is 4.25. The first kappa shape index (κ1) is 10.8. The zero-order chi connectivity index (χ0) is 11.7. The molecule has 0 saturated carbocycles. The number of carbonyl (C=O) groups is 1. The van der Waals surface area contributed by atoms with Crippen LogP contribution in [0.25, 0.3) is 0 Å². The standard InChI is InChI=1S/C10H13N3O3/c1-5(10(14)15)11-9-7-3-16-4-8(7)12-6(2)13-9/h5H,3-4H2,1-2H3,(H,14,15)(H,11,12,13). The molecule has 16 heavy (non-hydrogen) atoms. The fourth-order valence-electron chi connectivity index (χ4n) is 1.56. The van der Waals surface area contributed by atoms with Crippen molar-refractivity contribution >= 4 is 11.8 Å². The van der Waals surface area contributed by atoms with Crippen molar-refractivity contribution in [3.05, 3.63) is 17.1 Å². The molecular formula is C10H13N3O3. The van der Waals surface area contributed by atoms with Gasteiger partial charge in [0.1, 0.15) is 17.7 Å². The van der Waals surface area contributed by atoms with E-state index in [1.807, 2.05) is 0 Å². The van der Waals surface area contributed by atoms with E-state index in [1.54, 1.807) is 13.8 Å². The highest BCUT2D eigenvalue weighted by Crippen LogP contribution is 2.24. The molecule has 0 fully saturated rings. The quantitative estimate of drug-likeness (QED) is 0.784. The summed E-state index contributed by atoms with van der Waals surface area (Å²) in [5.74, 6) is 0.267. The highest BCUT2D eigenvalue weighted by Gasteiger charge is 2.21. The Kier molecular flexibility index (Phi) is 2.74. The van der Waals surface area contributed by atoms with Crippen LogP contribution >= 0.6 is 0 Å². The number of aromatic nitrogens is 2. The summed E-state index contributed by atoms with van der Waals surface area (Å²) in [6.07, 6.45) is 0. The SMILES string of the molecule is Cc1nc2c(c(NC(C)C(=O)O)n1)COC2. The van der Waals surface area contributed by atoms with Gasteiger partial charge >= 0.3 is 5.97 Å². The van der Waals surface area contributed by atoms with E-state index >= 15 is 0 Å². The van der Waals surface area contributed by atoms with Gasteiger partial charge in [-0.3, -0.25) is 4.79 Å². The second kappa shape index (κ2) is 4.05. The zero-order valence-corrected chi connectivity index (χ0v) is 9.15. The van der Waals surface area contributed by atoms with Gasteiger partial charge in [0.05, 0.1) is 18.9 Å². The van der Waals surface area contributed by atoms with Gasteiger partial charge in [-0.15, -0.1) is 0 Å². The van der Waals surface area contributed by atoms with Gasteiger partial charge in [-0.25, -0.2) is 9.97 Å². The number of nitrogens with zero attached hydrogens (tertiary/aromatic N) is 2. The molecule has 6 heteroatoms. The zero-order valence-electron chi connectivity index (χ0n) is 9.15. The minimum atomic E-state index is -0.913. The molecule has 1 unspecified atom stereocenters. The predicted octanol–water partition coefficient (Wildman–Crippen LogP) is 0.700. The molecule has 2 N–H and O–H groups in total. The minimum Gasteiger partial charge on any atom is -0.480 e. The first-order valence-corrected chi connectivity index (χ1v) is 5.01. The lowest BCUT2D eigenvalue weighted by molar-refractivity contribution is -0.137. The minimum absolute atomic E-state index is 0.435. The molecule has 0 spiro atoms. The van der Waals surface area contributed by atoms with Crippen LogP contribution in [0.2, 0.25) is 0 Å². The van der Waals surface area contributed by atoms with Crippen LogP contribution in [0.3, 0.4) is 0 Å². The van der Waals surface area contributed by atoms with Crippen molar-refractivity contribution in [2.24, 2.45) is 0 Å². The summed E-state index contributed by atoms with van der Waals surface area (Å²) >= 11 is 0. The van der Waals surface area contributed by atoms with E-state index in [9.17, 15) is 4.79 Å². The Labute approximate surface area is 92.7 Å². The Morgan fingerprint density at radius 1 is 1.50 bits per heavy atom. The molecule has 1 aliphatic rings. The van der Waals surface area contributed by atoms with Crippen molar-refractivity contribution in [3.8, 4) is 0 Å². The fourth-order valence-corrected chi connectivity index (χ4v) is 1.56. The van der Waals surface area contributed by atoms with E-state index in [0.717, 1.165) is 11.3 Å². The number of rotatable bonds is 3. The van der Waals surface area contributed by atoms with Crippen LogP contribution in [0.15, 0.2) is 0 Å². The molecular weight excluding hydrogens is 210 g/mol. The molecule has 0 saturated heterocycles. The van der Waals surface area contributed by atoms with Crippen LogP contribution < -0.4 is 5.32 Å². The van der Waals surface area contributed by atoms with Gasteiger partial charge in [-0.05, 0) is 13.8 Å². The molecule has 0 aromatic carbocycles. The predicted molar refractivity (Wildman–Crippen MR) is 56.0 cm³/mol. The first-order valence-electron chi connectivity index (χ1n) is 5.01. The maximum atomic E-state index is 10.8. The largest absolute Gasteiger partial charge is 0.480 e. The summed E-state index contributed by atoms with van der Waals surface area (Å²) in [5, 5.41) is 11.7. The van der Waals surface area contributed by atoms with E-state index < -0.39 is 12.0 Å². The Morgan fingerprint density at radius 2 is 2.25 bits per heavy atom. The number of hydrogen-bond acceptors (Lipinski definition) is 5. The first-order chi connectivity index (χ1) is 7.58. The molecule has 0 radical (unpaired) electrons. The summed E-state index contributed by atoms with van der Waals surface area (Å²) in [5.41, 5.74) is 1.70. The average Bonchev–Trinajstić information content (AvgIpc) is 2.65. The lowest BCUT2D eigenvalue weighted by Gasteiger charge is -2.13. The third-order valence-corrected chi connectivity index (χ3v) is 2.41. The maximum absolute atomic E-state index is 10.8. The monoisotopic (exact) mass is 223 g/mol. The molecule has 0 aliphatic carbocycles. The molecule has 2 rings (SSSR count). The van der Waals surface area contributed by atoms with Gasteiger partial charge < -0.3 is 15.2 Å². The van der Waals surface area contributed by atoms with Crippen LogP contribution in [-0.4, -0.2) is 27.1 Å². The average molecular weight is 223 g/mol. The number of anilines is 1. The van der Waals surface area contributed by atoms with Crippen LogP contribution in [0, 0.1) is 6.92 Å². The highest BCUT2D eigenvalue weighted by atomic mass is 16.5. The maximum Gasteiger partial charge on any atom is 0.325 e. The van der Waals surface area contributed by atoms with Gasteiger partial charge in [0.25, 0.3) is 0 Å². The normalized spacial score (nSPS) is 15.6. The Balaban J connectivity index is 2.30. The van der Waals surface area contributed by atoms with Crippen LogP contribution in [0.1, 0.15) is 24.0 Å². The van der Waals surface area contributed by atoms with Crippen molar-refractivity contribution in [1.29, 1.82) is 0 Å². The van der Waals surface area contributed by atoms with E-state index in [0.29, 0.717) is 24.9 Å². The molecule has 2 heterocycles. The molecule has 0 bridgehead atoms. The molecule has 1 aromatic heterocycles. The van der Waals surface area contributed by atoms with Gasteiger partial charge in [0.2, 0.25) is 0 Å². The summed E-state index contributed by atoms with van der Waals surface area (Å²) in [6, 6.07) is -0.681. The van der Waals surface area contributed by atoms with Crippen LogP contribution in [0.4, 0.5) is 5.82 Å². The number of nitrogens with one attached hydrogen (secondary N) is 1. The molecule has 6 nitrogen and oxygen atoms in total. The Bertz CT molecular complexity index is 434. The summed E-state index contributed by atoms with van der Waals surface area (Å²) < 4.78 is 5.26. The van der Waals surface area contributed by atoms with Crippen LogP contribution in [0.5, 0.6) is 0 Å². The van der Waals surface area contributed by atoms with Gasteiger partial charge in [-0.2, -0.15) is 0 Å². The van der Waals surface area contributed by atoms with Gasteiger partial charge in [0, 0.05) is 5.56 Å². The Morgan fingerprint density at radius 3 is 2.94 bits per heavy atom. The number of aliphatic carboxylic acids is 1. The summed E-state index contributed by atoms with van der Waals surface area (Å²) in [7, 11) is 0. The fraction of sp³-hybridized carbons (Fsp3) is 0.500. The van der Waals surface area contributed by atoms with Crippen molar-refractivity contribution in [2.45, 2.75) is 33.1 Å². The summed E-state index contributed by atoms with van der Waals surface area (Å²) in [4.78, 5) is 19.2. The van der Waals surface area contributed by atoms with Crippen molar-refractivity contribution in [3.63, 3.8) is 0 Å². The van der Waals surface area contributed by atoms with E-state index in [2.05, 4.69) is 15.3 Å². The van der Waals surface area contributed by atoms with Crippen molar-refractivity contribution < 1.29 is 14.6 Å². The number of carboxylic acid groups (broad SMARTS) is 1. The van der Waals surface area contributed by atoms with Crippen LogP contribution in [-0.2, 0) is 22.7 Å². The third-order valence-electron chi connectivity index (χ3n) is 2.41. The van der Waals surface area contributed by atoms with Crippen molar-refractivity contribution in [2.75, 3.05) is 5.32 Å². The number of ether oxygens (including phenoxy) is 1. The lowest BCUT2D eigenvalue weighted by atomic mass is 10.2. The molecule has 0 amide bonds. The van der Waals surface area contributed by atoms with E-state index in [1.165, 1.54) is 0 Å². The number of hydrogen-bond donors (Lipinski definition) is 2. The molecule has 1 atom stereocenters. The van der Waals surface area contributed by atoms with Gasteiger partial charge in [-0.1, -0.05) is 0 Å². The molecule has 86 valence electrons. The Hall–Kier alpha value is -1.69. The molecule has 1 aliphatic heterocycles. The second-order valence-electron chi connectivity index (χ2n) is 3.74. The topological polar surface area (TPSA) is 84.3 Å². The van der Waals surface area contributed by atoms with Gasteiger partial charge in [0.15, 0.2) is 0 Å². The highest BCUT2D eigenvalue weighted by molar-refractivity contribution is 5.76. The van der Waals surface area contributed by atoms with E-state index in [4.69, 9.17) is 9.84 Å². The third kappa shape index (κ3) is 1.96. The lowest BCUT2D eigenvalue weighted by Crippen LogP contribution is -2.26.